The van der Waals surface area contributed by atoms with Gasteiger partial charge in [0.05, 0.1) is 6.61 Å². The molecule has 1 atom stereocenters. The van der Waals surface area contributed by atoms with Crippen LogP contribution >= 0.6 is 0 Å². The zero-order chi connectivity index (χ0) is 28.8. The van der Waals surface area contributed by atoms with E-state index in [9.17, 15) is 14.4 Å². The van der Waals surface area contributed by atoms with E-state index in [0.717, 1.165) is 38.5 Å². The van der Waals surface area contributed by atoms with Crippen molar-refractivity contribution in [2.24, 2.45) is 0 Å². The van der Waals surface area contributed by atoms with E-state index in [1.165, 1.54) is 109 Å². The zero-order valence-corrected chi connectivity index (χ0v) is 25.7. The third kappa shape index (κ3) is 27.8. The van der Waals surface area contributed by atoms with Crippen molar-refractivity contribution in [3.05, 3.63) is 0 Å². The number of unbranched alkanes of at least 4 members (excludes halogenated alkanes) is 21. The molecule has 2 N–H and O–H groups in total. The highest BCUT2D eigenvalue weighted by Crippen LogP contribution is 2.14. The molecule has 0 aliphatic heterocycles. The van der Waals surface area contributed by atoms with E-state index >= 15 is 0 Å². The summed E-state index contributed by atoms with van der Waals surface area (Å²) in [4.78, 5) is 35.9. The Morgan fingerprint density at radius 1 is 0.564 bits per heavy atom. The Kier molecular flexibility index (Phi) is 28.2. The number of carbonyl (C=O) groups excluding carboxylic acids is 2. The molecular weight excluding hydrogens is 490 g/mol. The first-order chi connectivity index (χ1) is 19.0. The van der Waals surface area contributed by atoms with Crippen LogP contribution in [0.5, 0.6) is 0 Å². The van der Waals surface area contributed by atoms with Crippen LogP contribution in [0.15, 0.2) is 0 Å². The molecule has 0 aromatic carbocycles. The Bertz CT molecular complexity index is 580. The van der Waals surface area contributed by atoms with Gasteiger partial charge in [-0.2, -0.15) is 0 Å². The van der Waals surface area contributed by atoms with Gasteiger partial charge in [0.2, 0.25) is 5.91 Å². The van der Waals surface area contributed by atoms with Crippen LogP contribution in [-0.2, 0) is 19.1 Å². The molecule has 0 heterocycles. The van der Waals surface area contributed by atoms with Gasteiger partial charge in [0.15, 0.2) is 0 Å². The molecular formula is C33H63NO5. The molecule has 0 aliphatic carbocycles. The van der Waals surface area contributed by atoms with Gasteiger partial charge in [0.1, 0.15) is 6.04 Å². The van der Waals surface area contributed by atoms with E-state index in [0.29, 0.717) is 13.0 Å². The highest BCUT2D eigenvalue weighted by molar-refractivity contribution is 5.84. The molecule has 0 radical (unpaired) electrons. The average molecular weight is 554 g/mol. The van der Waals surface area contributed by atoms with Crippen molar-refractivity contribution in [3.8, 4) is 0 Å². The monoisotopic (exact) mass is 553 g/mol. The van der Waals surface area contributed by atoms with Crippen molar-refractivity contribution in [2.75, 3.05) is 6.61 Å². The van der Waals surface area contributed by atoms with E-state index in [1.54, 1.807) is 0 Å². The molecule has 6 heteroatoms. The molecule has 0 saturated heterocycles. The fourth-order valence-corrected chi connectivity index (χ4v) is 4.95. The minimum atomic E-state index is -0.978. The lowest BCUT2D eigenvalue weighted by Crippen LogP contribution is -2.42. The van der Waals surface area contributed by atoms with Gasteiger partial charge in [0, 0.05) is 12.8 Å². The predicted molar refractivity (Wildman–Crippen MR) is 162 cm³/mol. The fourth-order valence-electron chi connectivity index (χ4n) is 4.95. The van der Waals surface area contributed by atoms with Crippen LogP contribution in [0.2, 0.25) is 0 Å². The lowest BCUT2D eigenvalue weighted by atomic mass is 10.0. The van der Waals surface area contributed by atoms with Crippen LogP contribution in [0, 0.1) is 0 Å². The SMILES string of the molecule is CCCCCCCCCCCCCCCC(=O)N[C@@H](CCC(=O)O)C(=O)OCCCCCCCCCCCC. The van der Waals surface area contributed by atoms with Crippen molar-refractivity contribution in [1.82, 2.24) is 5.32 Å². The largest absolute Gasteiger partial charge is 0.481 e. The van der Waals surface area contributed by atoms with Crippen molar-refractivity contribution in [1.29, 1.82) is 0 Å². The van der Waals surface area contributed by atoms with Crippen LogP contribution in [0.25, 0.3) is 0 Å². The maximum Gasteiger partial charge on any atom is 0.328 e. The number of hydrogen-bond donors (Lipinski definition) is 2. The van der Waals surface area contributed by atoms with E-state index in [-0.39, 0.29) is 18.7 Å². The highest BCUT2D eigenvalue weighted by atomic mass is 16.5. The van der Waals surface area contributed by atoms with Gasteiger partial charge < -0.3 is 15.2 Å². The van der Waals surface area contributed by atoms with E-state index in [2.05, 4.69) is 19.2 Å². The summed E-state index contributed by atoms with van der Waals surface area (Å²) in [5.41, 5.74) is 0. The Morgan fingerprint density at radius 2 is 0.949 bits per heavy atom. The second-order valence-corrected chi connectivity index (χ2v) is 11.4. The number of nitrogens with one attached hydrogen (secondary N) is 1. The van der Waals surface area contributed by atoms with E-state index in [1.807, 2.05) is 0 Å². The van der Waals surface area contributed by atoms with Gasteiger partial charge in [0.25, 0.3) is 0 Å². The number of esters is 1. The van der Waals surface area contributed by atoms with Gasteiger partial charge in [-0.25, -0.2) is 4.79 Å². The number of amides is 1. The first-order valence-electron chi connectivity index (χ1n) is 16.7. The zero-order valence-electron chi connectivity index (χ0n) is 25.7. The minimum Gasteiger partial charge on any atom is -0.481 e. The summed E-state index contributed by atoms with van der Waals surface area (Å²) >= 11 is 0. The van der Waals surface area contributed by atoms with Crippen LogP contribution in [0.1, 0.15) is 181 Å². The molecule has 6 nitrogen and oxygen atoms in total. The second kappa shape index (κ2) is 29.4. The molecule has 0 aliphatic rings. The van der Waals surface area contributed by atoms with Crippen molar-refractivity contribution in [3.63, 3.8) is 0 Å². The summed E-state index contributed by atoms with van der Waals surface area (Å²) in [5, 5.41) is 11.8. The Hall–Kier alpha value is -1.59. The number of carboxylic acid groups (broad SMARTS) is 1. The molecule has 230 valence electrons. The molecule has 1 amide bonds. The third-order valence-electron chi connectivity index (χ3n) is 7.52. The van der Waals surface area contributed by atoms with E-state index in [4.69, 9.17) is 9.84 Å². The minimum absolute atomic E-state index is 0.0660. The number of aliphatic carboxylic acids is 1. The second-order valence-electron chi connectivity index (χ2n) is 11.4. The molecule has 39 heavy (non-hydrogen) atoms. The number of rotatable bonds is 30. The first-order valence-corrected chi connectivity index (χ1v) is 16.7. The molecule has 0 spiro atoms. The van der Waals surface area contributed by atoms with Gasteiger partial charge in [-0.3, -0.25) is 9.59 Å². The summed E-state index contributed by atoms with van der Waals surface area (Å²) in [5.74, 6) is -1.68. The molecule has 0 aromatic rings. The summed E-state index contributed by atoms with van der Waals surface area (Å²) in [6.45, 7) is 4.81. The third-order valence-corrected chi connectivity index (χ3v) is 7.52. The molecule has 0 fully saturated rings. The maximum absolute atomic E-state index is 12.5. The number of hydrogen-bond acceptors (Lipinski definition) is 4. The Labute approximate surface area is 240 Å². The summed E-state index contributed by atoms with van der Waals surface area (Å²) in [6, 6.07) is -0.876. The molecule has 0 bridgehead atoms. The summed E-state index contributed by atoms with van der Waals surface area (Å²) < 4.78 is 5.38. The number of ether oxygens (including phenoxy) is 1. The maximum atomic E-state index is 12.5. The summed E-state index contributed by atoms with van der Waals surface area (Å²) in [7, 11) is 0. The smallest absolute Gasteiger partial charge is 0.328 e. The standard InChI is InChI=1S/C33H63NO5/c1-3-5-7-9-11-13-15-16-17-18-20-22-24-26-31(35)34-30(27-28-32(36)37)33(38)39-29-25-23-21-19-14-12-10-8-6-4-2/h30H,3-29H2,1-2H3,(H,34,35)(H,36,37)/t30-/m0/s1. The normalized spacial score (nSPS) is 11.8. The fraction of sp³-hybridized carbons (Fsp3) is 0.909. The first kappa shape index (κ1) is 37.4. The average Bonchev–Trinajstić information content (AvgIpc) is 2.92. The Morgan fingerprint density at radius 3 is 1.36 bits per heavy atom. The van der Waals surface area contributed by atoms with Gasteiger partial charge in [-0.15, -0.1) is 0 Å². The molecule has 0 rings (SSSR count). The number of carboxylic acids is 1. The van der Waals surface area contributed by atoms with Crippen molar-refractivity contribution < 1.29 is 24.2 Å². The number of carbonyl (C=O) groups is 3. The van der Waals surface area contributed by atoms with Crippen molar-refractivity contribution >= 4 is 17.8 Å². The quantitative estimate of drug-likeness (QED) is 0.0683. The predicted octanol–water partition coefficient (Wildman–Crippen LogP) is 9.28. The van der Waals surface area contributed by atoms with Gasteiger partial charge in [-0.05, 0) is 19.3 Å². The van der Waals surface area contributed by atoms with Crippen molar-refractivity contribution in [2.45, 2.75) is 187 Å². The lowest BCUT2D eigenvalue weighted by Gasteiger charge is -2.17. The lowest BCUT2D eigenvalue weighted by molar-refractivity contribution is -0.148. The van der Waals surface area contributed by atoms with E-state index < -0.39 is 18.0 Å². The molecule has 0 unspecified atom stereocenters. The topological polar surface area (TPSA) is 92.7 Å². The summed E-state index contributed by atoms with van der Waals surface area (Å²) in [6.07, 6.45) is 28.5. The Balaban J connectivity index is 3.90. The van der Waals surface area contributed by atoms with Gasteiger partial charge in [-0.1, -0.05) is 149 Å². The van der Waals surface area contributed by atoms with Gasteiger partial charge >= 0.3 is 11.9 Å². The van der Waals surface area contributed by atoms with Crippen LogP contribution < -0.4 is 5.32 Å². The van der Waals surface area contributed by atoms with Crippen LogP contribution in [0.3, 0.4) is 0 Å². The van der Waals surface area contributed by atoms with Crippen LogP contribution in [-0.4, -0.2) is 35.6 Å². The van der Waals surface area contributed by atoms with Crippen LogP contribution in [0.4, 0.5) is 0 Å². The molecule has 0 aromatic heterocycles. The highest BCUT2D eigenvalue weighted by Gasteiger charge is 2.23. The molecule has 0 saturated carbocycles.